The molecule has 0 unspecified atom stereocenters. The molecular formula is C14H22N2O2S. The van der Waals surface area contributed by atoms with Gasteiger partial charge in [0.1, 0.15) is 0 Å². The molecule has 0 atom stereocenters. The molecule has 0 bridgehead atoms. The molecule has 0 saturated carbocycles. The highest BCUT2D eigenvalue weighted by atomic mass is 32.2. The number of sulfonamides is 1. The maximum Gasteiger partial charge on any atom is 0.243 e. The van der Waals surface area contributed by atoms with Crippen LogP contribution in [0.5, 0.6) is 0 Å². The SMILES string of the molecule is Cc1ccc(S(=O)(=O)N2CCCCCNCC2)cc1. The molecule has 1 heterocycles. The minimum absolute atomic E-state index is 0.400. The lowest BCUT2D eigenvalue weighted by molar-refractivity contribution is 0.407. The highest BCUT2D eigenvalue weighted by molar-refractivity contribution is 7.89. The van der Waals surface area contributed by atoms with Crippen LogP contribution in [0.4, 0.5) is 0 Å². The van der Waals surface area contributed by atoms with Crippen LogP contribution in [0.15, 0.2) is 29.2 Å². The van der Waals surface area contributed by atoms with Crippen LogP contribution in [-0.4, -0.2) is 38.9 Å². The molecule has 0 amide bonds. The maximum atomic E-state index is 12.6. The third kappa shape index (κ3) is 3.78. The number of nitrogens with one attached hydrogen (secondary N) is 1. The molecule has 0 aliphatic carbocycles. The molecule has 0 spiro atoms. The molecule has 5 heteroatoms. The van der Waals surface area contributed by atoms with Crippen LogP contribution in [0.3, 0.4) is 0 Å². The van der Waals surface area contributed by atoms with Gasteiger partial charge in [0.25, 0.3) is 0 Å². The predicted molar refractivity (Wildman–Crippen MR) is 76.7 cm³/mol. The lowest BCUT2D eigenvalue weighted by atomic mass is 10.2. The molecule has 1 aliphatic rings. The molecule has 106 valence electrons. The zero-order valence-corrected chi connectivity index (χ0v) is 12.2. The molecule has 1 aromatic rings. The number of aryl methyl sites for hydroxylation is 1. The van der Waals surface area contributed by atoms with E-state index < -0.39 is 10.0 Å². The summed E-state index contributed by atoms with van der Waals surface area (Å²) in [6.07, 6.45) is 3.14. The Morgan fingerprint density at radius 2 is 1.74 bits per heavy atom. The lowest BCUT2D eigenvalue weighted by Gasteiger charge is -2.21. The van der Waals surface area contributed by atoms with Crippen molar-refractivity contribution in [3.63, 3.8) is 0 Å². The number of nitrogens with zero attached hydrogens (tertiary/aromatic N) is 1. The van der Waals surface area contributed by atoms with Crippen molar-refractivity contribution in [3.05, 3.63) is 29.8 Å². The first-order valence-electron chi connectivity index (χ1n) is 6.88. The van der Waals surface area contributed by atoms with Gasteiger partial charge in [-0.2, -0.15) is 4.31 Å². The fourth-order valence-corrected chi connectivity index (χ4v) is 3.73. The van der Waals surface area contributed by atoms with Crippen molar-refractivity contribution >= 4 is 10.0 Å². The smallest absolute Gasteiger partial charge is 0.243 e. The number of hydrogen-bond donors (Lipinski definition) is 1. The molecule has 4 nitrogen and oxygen atoms in total. The van der Waals surface area contributed by atoms with E-state index in [1.54, 1.807) is 16.4 Å². The van der Waals surface area contributed by atoms with Gasteiger partial charge in [-0.3, -0.25) is 0 Å². The van der Waals surface area contributed by atoms with Crippen molar-refractivity contribution in [3.8, 4) is 0 Å². The second-order valence-electron chi connectivity index (χ2n) is 5.03. The molecule has 1 saturated heterocycles. The summed E-state index contributed by atoms with van der Waals surface area (Å²) in [6, 6.07) is 7.10. The van der Waals surface area contributed by atoms with Crippen LogP contribution in [-0.2, 0) is 10.0 Å². The number of rotatable bonds is 2. The predicted octanol–water partition coefficient (Wildman–Crippen LogP) is 1.76. The highest BCUT2D eigenvalue weighted by Gasteiger charge is 2.23. The van der Waals surface area contributed by atoms with E-state index in [9.17, 15) is 8.42 Å². The fourth-order valence-electron chi connectivity index (χ4n) is 2.26. The van der Waals surface area contributed by atoms with Gasteiger partial charge in [-0.1, -0.05) is 24.1 Å². The summed E-state index contributed by atoms with van der Waals surface area (Å²) in [7, 11) is -3.34. The van der Waals surface area contributed by atoms with Crippen molar-refractivity contribution in [1.82, 2.24) is 9.62 Å². The zero-order chi connectivity index (χ0) is 13.7. The Kier molecular flexibility index (Phi) is 4.96. The van der Waals surface area contributed by atoms with Crippen LogP contribution in [0.25, 0.3) is 0 Å². The minimum Gasteiger partial charge on any atom is -0.315 e. The molecule has 1 aliphatic heterocycles. The summed E-state index contributed by atoms with van der Waals surface area (Å²) in [6.45, 7) is 4.85. The molecule has 1 fully saturated rings. The Morgan fingerprint density at radius 3 is 2.47 bits per heavy atom. The van der Waals surface area contributed by atoms with Gasteiger partial charge in [0.15, 0.2) is 0 Å². The second kappa shape index (κ2) is 6.50. The first-order chi connectivity index (χ1) is 9.10. The van der Waals surface area contributed by atoms with Crippen molar-refractivity contribution in [2.45, 2.75) is 31.1 Å². The Balaban J connectivity index is 2.18. The van der Waals surface area contributed by atoms with Gasteiger partial charge < -0.3 is 5.32 Å². The van der Waals surface area contributed by atoms with Crippen molar-refractivity contribution in [1.29, 1.82) is 0 Å². The van der Waals surface area contributed by atoms with Gasteiger partial charge in [-0.15, -0.1) is 0 Å². The van der Waals surface area contributed by atoms with Gasteiger partial charge >= 0.3 is 0 Å². The average molecular weight is 282 g/mol. The van der Waals surface area contributed by atoms with Crippen LogP contribution < -0.4 is 5.32 Å². The Hall–Kier alpha value is -0.910. The summed E-state index contributed by atoms with van der Waals surface area (Å²) in [5.41, 5.74) is 1.07. The Bertz CT molecular complexity index is 487. The zero-order valence-electron chi connectivity index (χ0n) is 11.4. The first kappa shape index (κ1) is 14.5. The number of hydrogen-bond acceptors (Lipinski definition) is 3. The normalized spacial score (nSPS) is 19.4. The third-order valence-electron chi connectivity index (χ3n) is 3.46. The van der Waals surface area contributed by atoms with Gasteiger partial charge in [0.05, 0.1) is 4.90 Å². The minimum atomic E-state index is -3.34. The van der Waals surface area contributed by atoms with Crippen LogP contribution in [0.2, 0.25) is 0 Å². The molecule has 2 rings (SSSR count). The monoisotopic (exact) mass is 282 g/mol. The third-order valence-corrected chi connectivity index (χ3v) is 5.37. The average Bonchev–Trinajstić information content (AvgIpc) is 2.52. The molecule has 0 aromatic heterocycles. The Labute approximate surface area is 115 Å². The van der Waals surface area contributed by atoms with E-state index in [4.69, 9.17) is 0 Å². The molecule has 19 heavy (non-hydrogen) atoms. The maximum absolute atomic E-state index is 12.6. The van der Waals surface area contributed by atoms with Crippen LogP contribution in [0, 0.1) is 6.92 Å². The number of benzene rings is 1. The summed E-state index contributed by atoms with van der Waals surface area (Å²) < 4.78 is 26.8. The van der Waals surface area contributed by atoms with E-state index in [2.05, 4.69) is 5.32 Å². The standard InChI is InChI=1S/C14H22N2O2S/c1-13-5-7-14(8-6-13)19(17,18)16-11-4-2-3-9-15-10-12-16/h5-8,15H,2-4,9-12H2,1H3. The lowest BCUT2D eigenvalue weighted by Crippen LogP contribution is -2.36. The van der Waals surface area contributed by atoms with Gasteiger partial charge in [0.2, 0.25) is 10.0 Å². The van der Waals surface area contributed by atoms with Crippen molar-refractivity contribution in [2.75, 3.05) is 26.2 Å². The molecule has 0 radical (unpaired) electrons. The summed E-state index contributed by atoms with van der Waals surface area (Å²) in [4.78, 5) is 0.400. The molecule has 1 aromatic carbocycles. The van der Waals surface area contributed by atoms with E-state index in [1.165, 1.54) is 0 Å². The summed E-state index contributed by atoms with van der Waals surface area (Å²) in [5, 5.41) is 3.28. The van der Waals surface area contributed by atoms with Gasteiger partial charge in [-0.05, 0) is 38.4 Å². The van der Waals surface area contributed by atoms with E-state index in [-0.39, 0.29) is 0 Å². The fraction of sp³-hybridized carbons (Fsp3) is 0.571. The molecule has 1 N–H and O–H groups in total. The van der Waals surface area contributed by atoms with E-state index in [0.29, 0.717) is 18.0 Å². The topological polar surface area (TPSA) is 49.4 Å². The molecular weight excluding hydrogens is 260 g/mol. The first-order valence-corrected chi connectivity index (χ1v) is 8.32. The highest BCUT2D eigenvalue weighted by Crippen LogP contribution is 2.17. The van der Waals surface area contributed by atoms with Crippen molar-refractivity contribution < 1.29 is 8.42 Å². The quantitative estimate of drug-likeness (QED) is 0.899. The van der Waals surface area contributed by atoms with Crippen LogP contribution >= 0.6 is 0 Å². The Morgan fingerprint density at radius 1 is 1.00 bits per heavy atom. The van der Waals surface area contributed by atoms with E-state index >= 15 is 0 Å². The summed E-state index contributed by atoms with van der Waals surface area (Å²) in [5.74, 6) is 0. The largest absolute Gasteiger partial charge is 0.315 e. The van der Waals surface area contributed by atoms with Gasteiger partial charge in [0, 0.05) is 19.6 Å². The van der Waals surface area contributed by atoms with Gasteiger partial charge in [-0.25, -0.2) is 8.42 Å². The van der Waals surface area contributed by atoms with E-state index in [1.807, 2.05) is 19.1 Å². The van der Waals surface area contributed by atoms with Crippen molar-refractivity contribution in [2.24, 2.45) is 0 Å². The second-order valence-corrected chi connectivity index (χ2v) is 6.97. The van der Waals surface area contributed by atoms with Crippen LogP contribution in [0.1, 0.15) is 24.8 Å². The summed E-state index contributed by atoms with van der Waals surface area (Å²) >= 11 is 0. The van der Waals surface area contributed by atoms with E-state index in [0.717, 1.165) is 37.9 Å².